The average molecular weight is 789 g/mol. The molecule has 0 unspecified atom stereocenters. The molecule has 0 spiro atoms. The molecule has 0 aliphatic heterocycles. The lowest BCUT2D eigenvalue weighted by molar-refractivity contribution is -0.134. The monoisotopic (exact) mass is 788 g/mol. The summed E-state index contributed by atoms with van der Waals surface area (Å²) < 4.78 is 10.9. The van der Waals surface area contributed by atoms with Gasteiger partial charge in [0.05, 0.1) is 5.70 Å². The van der Waals surface area contributed by atoms with Crippen molar-refractivity contribution < 1.29 is 19.1 Å². The fraction of sp³-hybridized carbons (Fsp3) is 0.0741. The maximum atomic E-state index is 12.0. The molecule has 0 saturated heterocycles. The Balaban J connectivity index is 1.35. The van der Waals surface area contributed by atoms with E-state index in [1.165, 1.54) is 11.1 Å². The number of allylic oxidation sites excluding steroid dienone is 12. The Morgan fingerprint density at radius 3 is 1.57 bits per heavy atom. The third-order valence-electron chi connectivity index (χ3n) is 9.70. The van der Waals surface area contributed by atoms with Gasteiger partial charge in [-0.05, 0) is 103 Å². The molecule has 60 heavy (non-hydrogen) atoms. The van der Waals surface area contributed by atoms with Gasteiger partial charge in [0.25, 0.3) is 0 Å². The van der Waals surface area contributed by atoms with Crippen LogP contribution in [0.15, 0.2) is 243 Å². The highest BCUT2D eigenvalue weighted by Gasteiger charge is 2.19. The van der Waals surface area contributed by atoms with Gasteiger partial charge in [0.1, 0.15) is 11.5 Å². The van der Waals surface area contributed by atoms with Gasteiger partial charge in [0.2, 0.25) is 0 Å². The van der Waals surface area contributed by atoms with Gasteiger partial charge >= 0.3 is 11.9 Å². The van der Waals surface area contributed by atoms with Crippen LogP contribution in [0.5, 0.6) is 0 Å². The Bertz CT molecular complexity index is 2470. The Hall–Kier alpha value is -7.70. The Morgan fingerprint density at radius 2 is 1.00 bits per heavy atom. The summed E-state index contributed by atoms with van der Waals surface area (Å²) in [4.78, 5) is 28.4. The topological polar surface area (TPSA) is 59.1 Å². The molecule has 4 aromatic carbocycles. The molecule has 0 amide bonds. The van der Waals surface area contributed by atoms with E-state index in [0.29, 0.717) is 29.9 Å². The zero-order chi connectivity index (χ0) is 42.4. The molecule has 0 atom stereocenters. The smallest absolute Gasteiger partial charge is 0.335 e. The van der Waals surface area contributed by atoms with E-state index in [1.807, 2.05) is 54.7 Å². The first-order valence-electron chi connectivity index (χ1n) is 19.6. The van der Waals surface area contributed by atoms with Crippen molar-refractivity contribution in [1.29, 1.82) is 0 Å². The molecular weight excluding hydrogens is 741 g/mol. The largest absolute Gasteiger partial charge is 0.428 e. The summed E-state index contributed by atoms with van der Waals surface area (Å²) in [5.74, 6) is -0.238. The minimum Gasteiger partial charge on any atom is -0.428 e. The van der Waals surface area contributed by atoms with Crippen LogP contribution in [-0.2, 0) is 19.1 Å². The molecule has 0 heterocycles. The SMILES string of the molecule is C=CC(=O)O/C1=C/C=C\C(=C)/C(N(/C2=C/C=C\C(=C)/C(OC(=O)C=C)=C\C=C/C2)c2ccc(-c3ccc(N(c4ccc(C)cc4)c4ccc(C)cc4)cc3)cc2)=C\C=C/C1. The number of rotatable bonds is 11. The number of nitrogens with zero attached hydrogens (tertiary/aromatic N) is 2. The lowest BCUT2D eigenvalue weighted by atomic mass is 10.0. The van der Waals surface area contributed by atoms with E-state index in [9.17, 15) is 9.59 Å². The average Bonchev–Trinajstić information content (AvgIpc) is 3.26. The van der Waals surface area contributed by atoms with E-state index in [2.05, 4.69) is 147 Å². The van der Waals surface area contributed by atoms with Crippen LogP contribution in [0.25, 0.3) is 11.1 Å². The molecular formula is C54H48N2O4. The van der Waals surface area contributed by atoms with Crippen molar-refractivity contribution in [2.24, 2.45) is 0 Å². The summed E-state index contributed by atoms with van der Waals surface area (Å²) in [7, 11) is 0. The summed E-state index contributed by atoms with van der Waals surface area (Å²) >= 11 is 0. The van der Waals surface area contributed by atoms with Gasteiger partial charge in [0, 0.05) is 59.0 Å². The zero-order valence-electron chi connectivity index (χ0n) is 34.1. The first-order valence-corrected chi connectivity index (χ1v) is 19.6. The van der Waals surface area contributed by atoms with Crippen LogP contribution >= 0.6 is 0 Å². The summed E-state index contributed by atoms with van der Waals surface area (Å²) in [5, 5.41) is 0. The summed E-state index contributed by atoms with van der Waals surface area (Å²) in [6, 6.07) is 34.3. The number of anilines is 4. The van der Waals surface area contributed by atoms with Crippen LogP contribution in [-0.4, -0.2) is 11.9 Å². The second kappa shape index (κ2) is 20.1. The third-order valence-corrected chi connectivity index (χ3v) is 9.70. The normalized spacial score (nSPS) is 19.8. The first kappa shape index (κ1) is 41.9. The highest BCUT2D eigenvalue weighted by atomic mass is 16.5. The molecule has 0 N–H and O–H groups in total. The Morgan fingerprint density at radius 1 is 0.533 bits per heavy atom. The van der Waals surface area contributed by atoms with Crippen LogP contribution in [0.3, 0.4) is 0 Å². The standard InChI is InChI=1S/C54H48N2O4/c1-7-53(57)59-50-19-10-11-21-51(41(5)15-14-20-50)56(45-17-9-12-22-52(60-54(58)8-2)42(6)16-13-18-45)49-37-29-44(30-38-49)43-27-35-48(36-28-43)55(46-31-23-39(3)24-32-46)47-33-25-40(4)26-34-47/h7-16,18,20-38H,1-2,5-6,17,19H2,3-4H3/b11-10-,12-9-,15-14-,16-13-,45-18+,50-20+,51-21+,52-22+. The van der Waals surface area contributed by atoms with Gasteiger partial charge in [0.15, 0.2) is 0 Å². The van der Waals surface area contributed by atoms with E-state index in [4.69, 9.17) is 9.47 Å². The molecule has 2 aliphatic carbocycles. The van der Waals surface area contributed by atoms with Gasteiger partial charge in [-0.25, -0.2) is 9.59 Å². The lowest BCUT2D eigenvalue weighted by Gasteiger charge is -2.30. The van der Waals surface area contributed by atoms with Gasteiger partial charge in [-0.15, -0.1) is 0 Å². The minimum atomic E-state index is -0.557. The fourth-order valence-electron chi connectivity index (χ4n) is 6.53. The Kier molecular flexibility index (Phi) is 14.1. The second-order valence-electron chi connectivity index (χ2n) is 14.1. The molecule has 6 rings (SSSR count). The minimum absolute atomic E-state index is 0.340. The molecule has 0 radical (unpaired) electrons. The summed E-state index contributed by atoms with van der Waals surface area (Å²) in [5.41, 5.74) is 11.8. The van der Waals surface area contributed by atoms with Crippen LogP contribution in [0.2, 0.25) is 0 Å². The number of hydrogen-bond acceptors (Lipinski definition) is 6. The van der Waals surface area contributed by atoms with Crippen molar-refractivity contribution in [3.05, 3.63) is 254 Å². The number of benzene rings is 4. The molecule has 0 aromatic heterocycles. The zero-order valence-corrected chi connectivity index (χ0v) is 34.1. The molecule has 0 bridgehead atoms. The highest BCUT2D eigenvalue weighted by Crippen LogP contribution is 2.37. The molecule has 0 fully saturated rings. The fourth-order valence-corrected chi connectivity index (χ4v) is 6.53. The number of aryl methyl sites for hydroxylation is 2. The van der Waals surface area contributed by atoms with Crippen LogP contribution in [0.1, 0.15) is 24.0 Å². The van der Waals surface area contributed by atoms with E-state index >= 15 is 0 Å². The van der Waals surface area contributed by atoms with E-state index < -0.39 is 11.9 Å². The number of ether oxygens (including phenoxy) is 2. The van der Waals surface area contributed by atoms with Crippen LogP contribution < -0.4 is 9.80 Å². The maximum Gasteiger partial charge on any atom is 0.335 e. The summed E-state index contributed by atoms with van der Waals surface area (Å²) in [6.07, 6.45) is 25.8. The van der Waals surface area contributed by atoms with Gasteiger partial charge in [-0.3, -0.25) is 0 Å². The van der Waals surface area contributed by atoms with Crippen molar-refractivity contribution >= 4 is 34.7 Å². The van der Waals surface area contributed by atoms with E-state index in [0.717, 1.165) is 63.0 Å². The number of carbonyl (C=O) groups excluding carboxylic acids is 2. The second-order valence-corrected chi connectivity index (χ2v) is 14.1. The molecule has 298 valence electrons. The maximum absolute atomic E-state index is 12.0. The first-order chi connectivity index (χ1) is 29.1. The lowest BCUT2D eigenvalue weighted by Crippen LogP contribution is -2.22. The third kappa shape index (κ3) is 10.8. The van der Waals surface area contributed by atoms with Crippen molar-refractivity contribution in [3.63, 3.8) is 0 Å². The van der Waals surface area contributed by atoms with Crippen LogP contribution in [0, 0.1) is 13.8 Å². The molecule has 4 aromatic rings. The summed E-state index contributed by atoms with van der Waals surface area (Å²) in [6.45, 7) is 19.8. The predicted molar refractivity (Wildman–Crippen MR) is 247 cm³/mol. The number of esters is 2. The molecule has 0 saturated carbocycles. The van der Waals surface area contributed by atoms with Crippen molar-refractivity contribution in [1.82, 2.24) is 0 Å². The Labute approximate surface area is 353 Å². The van der Waals surface area contributed by atoms with Crippen molar-refractivity contribution in [3.8, 4) is 11.1 Å². The van der Waals surface area contributed by atoms with Gasteiger partial charge in [-0.2, -0.15) is 0 Å². The van der Waals surface area contributed by atoms with Gasteiger partial charge < -0.3 is 19.3 Å². The van der Waals surface area contributed by atoms with E-state index in [-0.39, 0.29) is 0 Å². The van der Waals surface area contributed by atoms with E-state index in [1.54, 1.807) is 18.2 Å². The molecule has 2 aliphatic rings. The van der Waals surface area contributed by atoms with Crippen molar-refractivity contribution in [2.45, 2.75) is 26.7 Å². The quantitative estimate of drug-likeness (QED) is 0.111. The number of hydrogen-bond donors (Lipinski definition) is 0. The van der Waals surface area contributed by atoms with Gasteiger partial charge in [-0.1, -0.05) is 135 Å². The molecule has 6 nitrogen and oxygen atoms in total. The highest BCUT2D eigenvalue weighted by molar-refractivity contribution is 5.83. The van der Waals surface area contributed by atoms with Crippen LogP contribution in [0.4, 0.5) is 22.7 Å². The molecule has 6 heteroatoms. The number of carbonyl (C=O) groups is 2. The van der Waals surface area contributed by atoms with Crippen molar-refractivity contribution in [2.75, 3.05) is 9.80 Å². The predicted octanol–water partition coefficient (Wildman–Crippen LogP) is 13.4.